The van der Waals surface area contributed by atoms with Gasteiger partial charge in [0.05, 0.1) is 0 Å². The Bertz CT molecular complexity index is 251. The van der Waals surface area contributed by atoms with Gasteiger partial charge in [-0.25, -0.2) is 4.57 Å². The van der Waals surface area contributed by atoms with Crippen LogP contribution in [0.2, 0.25) is 0 Å². The molecule has 122 valence electrons. The minimum Gasteiger partial charge on any atom is -0.272 e. The van der Waals surface area contributed by atoms with E-state index in [0.717, 1.165) is 38.5 Å². The summed E-state index contributed by atoms with van der Waals surface area (Å²) in [6.07, 6.45) is 4.94. The van der Waals surface area contributed by atoms with E-state index in [9.17, 15) is 4.57 Å². The van der Waals surface area contributed by atoms with Gasteiger partial charge < -0.3 is 0 Å². The lowest BCUT2D eigenvalue weighted by Gasteiger charge is -2.25. The Labute approximate surface area is 147 Å². The van der Waals surface area contributed by atoms with E-state index >= 15 is 0 Å². The summed E-state index contributed by atoms with van der Waals surface area (Å²) in [4.78, 5) is 0. The van der Waals surface area contributed by atoms with Gasteiger partial charge in [-0.2, -0.15) is 0 Å². The Hall–Kier alpha value is 1.55. The summed E-state index contributed by atoms with van der Waals surface area (Å²) < 4.78 is 29.2. The third-order valence-electron chi connectivity index (χ3n) is 2.28. The van der Waals surface area contributed by atoms with Gasteiger partial charge in [-0.15, -0.1) is 0 Å². The Morgan fingerprint density at radius 1 is 0.750 bits per heavy atom. The predicted octanol–water partition coefficient (Wildman–Crippen LogP) is 6.71. The summed E-state index contributed by atoms with van der Waals surface area (Å²) in [6.45, 7) is 6.08. The maximum absolute atomic E-state index is 12.7. The molecule has 0 amide bonds. The van der Waals surface area contributed by atoms with E-state index < -0.39 is 7.82 Å². The van der Waals surface area contributed by atoms with Crippen molar-refractivity contribution in [1.29, 1.82) is 0 Å². The number of phosphoric acid groups is 1. The van der Waals surface area contributed by atoms with Crippen LogP contribution in [0.5, 0.6) is 0 Å². The Balaban J connectivity index is 4.69. The van der Waals surface area contributed by atoms with Crippen molar-refractivity contribution in [3.63, 3.8) is 0 Å². The molecule has 3 atom stereocenters. The molecule has 3 unspecified atom stereocenters. The molecule has 0 radical (unpaired) electrons. The van der Waals surface area contributed by atoms with Crippen LogP contribution < -0.4 is 0 Å². The first-order valence-electron chi connectivity index (χ1n) is 6.94. The van der Waals surface area contributed by atoms with E-state index in [4.69, 9.17) is 13.6 Å². The van der Waals surface area contributed by atoms with Gasteiger partial charge in [-0.3, -0.25) is 13.6 Å². The SMILES string of the molecule is CCCC(Br)OP(=O)(OC(Br)CCC)OC(Br)CCC. The minimum atomic E-state index is -3.62. The lowest BCUT2D eigenvalue weighted by Crippen LogP contribution is -2.14. The molecule has 0 aromatic heterocycles. The molecule has 0 bridgehead atoms. The smallest absolute Gasteiger partial charge is 0.272 e. The summed E-state index contributed by atoms with van der Waals surface area (Å²) in [6, 6.07) is 0. The van der Waals surface area contributed by atoms with Gasteiger partial charge in [0, 0.05) is 0 Å². The summed E-state index contributed by atoms with van der Waals surface area (Å²) in [5.74, 6) is 0. The number of rotatable bonds is 12. The average Bonchev–Trinajstić information content (AvgIpc) is 2.28. The number of alkyl halides is 3. The molecule has 0 aliphatic carbocycles. The van der Waals surface area contributed by atoms with E-state index in [1.54, 1.807) is 0 Å². The molecule has 0 fully saturated rings. The van der Waals surface area contributed by atoms with E-state index in [2.05, 4.69) is 47.8 Å². The minimum absolute atomic E-state index is 0.346. The lowest BCUT2D eigenvalue weighted by molar-refractivity contribution is 0.0890. The molecule has 0 saturated heterocycles. The monoisotopic (exact) mass is 500 g/mol. The summed E-state index contributed by atoms with van der Waals surface area (Å²) in [7, 11) is -3.62. The zero-order valence-electron chi connectivity index (χ0n) is 12.2. The fraction of sp³-hybridized carbons (Fsp3) is 1.00. The van der Waals surface area contributed by atoms with Crippen LogP contribution in [-0.4, -0.2) is 15.0 Å². The maximum Gasteiger partial charge on any atom is 0.478 e. The molecule has 0 heterocycles. The average molecular weight is 503 g/mol. The van der Waals surface area contributed by atoms with Gasteiger partial charge in [0.25, 0.3) is 0 Å². The zero-order chi connectivity index (χ0) is 15.6. The first-order chi connectivity index (χ1) is 9.36. The highest BCUT2D eigenvalue weighted by molar-refractivity contribution is 9.10. The molecular formula is C12H24Br3O4P. The van der Waals surface area contributed by atoms with Crippen LogP contribution in [0.3, 0.4) is 0 Å². The van der Waals surface area contributed by atoms with Crippen LogP contribution in [0.1, 0.15) is 59.3 Å². The second kappa shape index (κ2) is 12.0. The molecule has 20 heavy (non-hydrogen) atoms. The fourth-order valence-electron chi connectivity index (χ4n) is 1.33. The van der Waals surface area contributed by atoms with Crippen LogP contribution in [0, 0.1) is 0 Å². The van der Waals surface area contributed by atoms with Crippen LogP contribution in [-0.2, 0) is 18.1 Å². The van der Waals surface area contributed by atoms with Gasteiger partial charge in [-0.1, -0.05) is 87.8 Å². The van der Waals surface area contributed by atoms with E-state index in [1.165, 1.54) is 0 Å². The highest BCUT2D eigenvalue weighted by Gasteiger charge is 2.34. The van der Waals surface area contributed by atoms with E-state index in [0.29, 0.717) is 0 Å². The summed E-state index contributed by atoms with van der Waals surface area (Å²) >= 11 is 10.0. The predicted molar refractivity (Wildman–Crippen MR) is 93.7 cm³/mol. The standard InChI is InChI=1S/C12H24Br3O4P/c1-4-7-10(13)17-20(16,18-11(14)8-5-2)19-12(15)9-6-3/h10-12H,4-9H2,1-3H3. The summed E-state index contributed by atoms with van der Waals surface area (Å²) in [5, 5.41) is -1.04. The molecule has 4 nitrogen and oxygen atoms in total. The lowest BCUT2D eigenvalue weighted by atomic mass is 10.4. The Kier molecular flexibility index (Phi) is 13.0. The van der Waals surface area contributed by atoms with E-state index in [-0.39, 0.29) is 15.0 Å². The maximum atomic E-state index is 12.7. The quantitative estimate of drug-likeness (QED) is 0.220. The molecule has 0 N–H and O–H groups in total. The van der Waals surface area contributed by atoms with Gasteiger partial charge in [0.1, 0.15) is 15.0 Å². The van der Waals surface area contributed by atoms with Gasteiger partial charge in [-0.05, 0) is 19.3 Å². The second-order valence-corrected chi connectivity index (χ2v) is 8.95. The third-order valence-corrected chi connectivity index (χ3v) is 6.62. The topological polar surface area (TPSA) is 44.8 Å². The first kappa shape index (κ1) is 21.6. The highest BCUT2D eigenvalue weighted by Crippen LogP contribution is 2.55. The molecule has 0 aliphatic rings. The van der Waals surface area contributed by atoms with Crippen molar-refractivity contribution in [2.75, 3.05) is 0 Å². The Morgan fingerprint density at radius 2 is 1.00 bits per heavy atom. The third kappa shape index (κ3) is 10.3. The molecule has 0 rings (SSSR count). The van der Waals surface area contributed by atoms with Crippen molar-refractivity contribution < 1.29 is 18.1 Å². The number of halogens is 3. The molecular weight excluding hydrogens is 479 g/mol. The van der Waals surface area contributed by atoms with Crippen molar-refractivity contribution in [2.24, 2.45) is 0 Å². The molecule has 0 saturated carbocycles. The van der Waals surface area contributed by atoms with Crippen molar-refractivity contribution in [2.45, 2.75) is 74.3 Å². The van der Waals surface area contributed by atoms with Crippen LogP contribution in [0.25, 0.3) is 0 Å². The number of hydrogen-bond donors (Lipinski definition) is 0. The molecule has 0 aromatic rings. The van der Waals surface area contributed by atoms with E-state index in [1.807, 2.05) is 20.8 Å². The molecule has 8 heteroatoms. The highest BCUT2D eigenvalue weighted by atomic mass is 79.9. The van der Waals surface area contributed by atoms with Crippen molar-refractivity contribution in [1.82, 2.24) is 0 Å². The normalized spacial score (nSPS) is 19.3. The van der Waals surface area contributed by atoms with Crippen molar-refractivity contribution >= 4 is 55.6 Å². The largest absolute Gasteiger partial charge is 0.478 e. The second-order valence-electron chi connectivity index (χ2n) is 4.36. The molecule has 0 aliphatic heterocycles. The number of phosphoric ester groups is 1. The molecule has 0 aromatic carbocycles. The van der Waals surface area contributed by atoms with Gasteiger partial charge >= 0.3 is 7.82 Å². The first-order valence-corrected chi connectivity index (χ1v) is 11.1. The van der Waals surface area contributed by atoms with Crippen molar-refractivity contribution in [3.8, 4) is 0 Å². The van der Waals surface area contributed by atoms with Crippen LogP contribution >= 0.6 is 55.6 Å². The van der Waals surface area contributed by atoms with Gasteiger partial charge in [0.15, 0.2) is 0 Å². The fourth-order valence-corrected chi connectivity index (χ4v) is 5.86. The zero-order valence-corrected chi connectivity index (χ0v) is 17.8. The van der Waals surface area contributed by atoms with Crippen LogP contribution in [0.15, 0.2) is 0 Å². The number of hydrogen-bond acceptors (Lipinski definition) is 4. The van der Waals surface area contributed by atoms with Crippen molar-refractivity contribution in [3.05, 3.63) is 0 Å². The van der Waals surface area contributed by atoms with Crippen LogP contribution in [0.4, 0.5) is 0 Å². The molecule has 0 spiro atoms. The van der Waals surface area contributed by atoms with Gasteiger partial charge in [0.2, 0.25) is 0 Å². The Morgan fingerprint density at radius 3 is 1.20 bits per heavy atom. The summed E-state index contributed by atoms with van der Waals surface area (Å²) in [5.41, 5.74) is 0.